The molecule has 0 aliphatic heterocycles. The minimum atomic E-state index is 0. The van der Waals surface area contributed by atoms with Crippen LogP contribution in [0.4, 0.5) is 0 Å². The number of rotatable bonds is 2. The van der Waals surface area contributed by atoms with Gasteiger partial charge < -0.3 is 24.8 Å². The molecule has 0 aromatic heterocycles. The molecule has 5 aliphatic carbocycles. The fourth-order valence-electron chi connectivity index (χ4n) is 8.34. The van der Waals surface area contributed by atoms with E-state index in [0.717, 1.165) is 24.2 Å². The molecule has 32 heavy (non-hydrogen) atoms. The molecule has 0 amide bonds. The molecule has 0 unspecified atom stereocenters. The zero-order valence-corrected chi connectivity index (χ0v) is 22.6. The number of hydrogen-bond donors (Lipinski definition) is 0. The summed E-state index contributed by atoms with van der Waals surface area (Å²) in [7, 11) is 0. The van der Waals surface area contributed by atoms with Crippen molar-refractivity contribution in [3.05, 3.63) is 71.3 Å². The second kappa shape index (κ2) is 8.80. The summed E-state index contributed by atoms with van der Waals surface area (Å²) in [6, 6.07) is 18.4. The van der Waals surface area contributed by atoms with Crippen LogP contribution in [0, 0.1) is 23.2 Å². The Morgan fingerprint density at radius 1 is 0.812 bits per heavy atom. The van der Waals surface area contributed by atoms with Crippen LogP contribution < -0.4 is 24.8 Å². The predicted octanol–water partition coefficient (Wildman–Crippen LogP) is 2.04. The maximum absolute atomic E-state index is 2.53. The van der Waals surface area contributed by atoms with Gasteiger partial charge >= 0.3 is 26.2 Å². The van der Waals surface area contributed by atoms with Crippen molar-refractivity contribution in [3.63, 3.8) is 0 Å². The number of fused-ring (bicyclic) bond motifs is 3. The van der Waals surface area contributed by atoms with Crippen molar-refractivity contribution < 1.29 is 51.0 Å². The van der Waals surface area contributed by atoms with Crippen molar-refractivity contribution >= 4 is 27.1 Å². The summed E-state index contributed by atoms with van der Waals surface area (Å²) in [5, 5.41) is 5.69. The van der Waals surface area contributed by atoms with Crippen LogP contribution >= 0.6 is 0 Å². The van der Waals surface area contributed by atoms with Crippen molar-refractivity contribution in [2.45, 2.75) is 51.9 Å². The third-order valence-electron chi connectivity index (χ3n) is 8.86. The third-order valence-corrected chi connectivity index (χ3v) is 8.86. The molecule has 0 atom stereocenters. The van der Waals surface area contributed by atoms with Gasteiger partial charge in [-0.25, -0.2) is 0 Å². The van der Waals surface area contributed by atoms with Gasteiger partial charge in [-0.3, -0.25) is 0 Å². The van der Waals surface area contributed by atoms with Gasteiger partial charge in [0.05, 0.1) is 0 Å². The summed E-state index contributed by atoms with van der Waals surface area (Å²) < 4.78 is 0. The molecule has 0 nitrogen and oxygen atoms in total. The number of hydrogen-bond acceptors (Lipinski definition) is 0. The van der Waals surface area contributed by atoms with E-state index in [2.05, 4.69) is 61.5 Å². The summed E-state index contributed by atoms with van der Waals surface area (Å²) in [5.74, 6) is 3.00. The van der Waals surface area contributed by atoms with Gasteiger partial charge in [0.2, 0.25) is 0 Å². The van der Waals surface area contributed by atoms with Crippen LogP contribution in [0.3, 0.4) is 0 Å². The minimum absolute atomic E-state index is 0. The fraction of sp³-hybridized carbons (Fsp3) is 0.414. The molecule has 3 aromatic carbocycles. The molecular formula is C29H29Cl2Zr. The number of halogens is 2. The predicted molar refractivity (Wildman–Crippen MR) is 123 cm³/mol. The first-order valence-corrected chi connectivity index (χ1v) is 11.7. The van der Waals surface area contributed by atoms with Crippen molar-refractivity contribution in [2.75, 3.05) is 0 Å². The average molecular weight is 540 g/mol. The molecule has 0 spiro atoms. The molecule has 163 valence electrons. The molecule has 8 rings (SSSR count). The van der Waals surface area contributed by atoms with Crippen molar-refractivity contribution in [2.24, 2.45) is 23.2 Å². The fourth-order valence-corrected chi connectivity index (χ4v) is 8.34. The smallest absolute Gasteiger partial charge is 1.00 e. The molecule has 4 fully saturated rings. The van der Waals surface area contributed by atoms with E-state index in [1.807, 2.05) is 0 Å². The standard InChI is InChI=1S/C29H29.2ClH.Zr/c1-18-9-10-26(28(18)29-15-19-11-20(16-29)13-21(12-19)17-29)25-8-4-7-24-23-6-3-2-5-22(23)14-27(24)25;;;/h2-9,14,19-21H,10-13,15-17H2,1H3;2*1H;/q-1;;;+3/p-2. The zero-order valence-electron chi connectivity index (χ0n) is 18.6. The van der Waals surface area contributed by atoms with Crippen LogP contribution in [-0.2, 0) is 26.2 Å². The Morgan fingerprint density at radius 2 is 1.44 bits per heavy atom. The van der Waals surface area contributed by atoms with Crippen LogP contribution in [-0.4, -0.2) is 0 Å². The molecule has 0 heterocycles. The van der Waals surface area contributed by atoms with Gasteiger partial charge in [-0.1, -0.05) is 59.2 Å². The van der Waals surface area contributed by atoms with E-state index < -0.39 is 0 Å². The van der Waals surface area contributed by atoms with Crippen molar-refractivity contribution in [3.8, 4) is 0 Å². The van der Waals surface area contributed by atoms with E-state index in [-0.39, 0.29) is 51.0 Å². The number of benzene rings is 2. The monoisotopic (exact) mass is 537 g/mol. The van der Waals surface area contributed by atoms with Gasteiger partial charge in [0.25, 0.3) is 0 Å². The second-order valence-electron chi connectivity index (χ2n) is 10.6. The van der Waals surface area contributed by atoms with E-state index in [4.69, 9.17) is 0 Å². The van der Waals surface area contributed by atoms with Gasteiger partial charge in [-0.2, -0.15) is 0 Å². The average Bonchev–Trinajstić information content (AvgIpc) is 3.27. The van der Waals surface area contributed by atoms with E-state index >= 15 is 0 Å². The Morgan fingerprint density at radius 3 is 2.12 bits per heavy atom. The first kappa shape index (κ1) is 24.4. The molecule has 4 bridgehead atoms. The van der Waals surface area contributed by atoms with Crippen LogP contribution in [0.2, 0.25) is 0 Å². The molecule has 4 saturated carbocycles. The molecule has 3 heteroatoms. The molecule has 1 radical (unpaired) electrons. The molecule has 0 N–H and O–H groups in total. The first-order chi connectivity index (χ1) is 14.2. The SMILES string of the molecule is CC1=CCC(c2cccc3c2[cH-]c2ccccc23)=C1C12CC3CC(CC(C3)C1)C2.[Cl-].[Cl-].[Zr+3]. The number of allylic oxidation sites excluding steroid dienone is 4. The summed E-state index contributed by atoms with van der Waals surface area (Å²) in [6.07, 6.45) is 12.6. The Labute approximate surface area is 223 Å². The van der Waals surface area contributed by atoms with Crippen LogP contribution in [0.5, 0.6) is 0 Å². The van der Waals surface area contributed by atoms with Gasteiger partial charge in [-0.15, -0.1) is 33.7 Å². The van der Waals surface area contributed by atoms with Gasteiger partial charge in [0.15, 0.2) is 0 Å². The summed E-state index contributed by atoms with van der Waals surface area (Å²) in [5.41, 5.74) is 7.02. The Balaban J connectivity index is 0.000000817. The first-order valence-electron chi connectivity index (χ1n) is 11.7. The van der Waals surface area contributed by atoms with Gasteiger partial charge in [-0.05, 0) is 80.6 Å². The summed E-state index contributed by atoms with van der Waals surface area (Å²) in [6.45, 7) is 2.41. The van der Waals surface area contributed by atoms with Crippen LogP contribution in [0.15, 0.2) is 65.8 Å². The maximum Gasteiger partial charge on any atom is 3.00 e. The normalized spacial score (nSPS) is 30.2. The van der Waals surface area contributed by atoms with Gasteiger partial charge in [0.1, 0.15) is 0 Å². The van der Waals surface area contributed by atoms with Gasteiger partial charge in [0, 0.05) is 0 Å². The zero-order chi connectivity index (χ0) is 19.2. The van der Waals surface area contributed by atoms with E-state index in [1.54, 1.807) is 16.7 Å². The largest absolute Gasteiger partial charge is 3.00 e. The van der Waals surface area contributed by atoms with E-state index in [9.17, 15) is 0 Å². The molecule has 0 saturated heterocycles. The Bertz CT molecular complexity index is 1190. The summed E-state index contributed by atoms with van der Waals surface area (Å²) >= 11 is 0. The Hall–Kier alpha value is -0.747. The quantitative estimate of drug-likeness (QED) is 0.438. The second-order valence-corrected chi connectivity index (χ2v) is 10.6. The molecule has 5 aliphatic rings. The van der Waals surface area contributed by atoms with Crippen molar-refractivity contribution in [1.29, 1.82) is 0 Å². The molecule has 3 aromatic rings. The molecular weight excluding hydrogens is 510 g/mol. The minimum Gasteiger partial charge on any atom is -1.00 e. The summed E-state index contributed by atoms with van der Waals surface area (Å²) in [4.78, 5) is 0. The Kier molecular flexibility index (Phi) is 6.70. The topological polar surface area (TPSA) is 0 Å². The van der Waals surface area contributed by atoms with E-state index in [0.29, 0.717) is 5.41 Å². The van der Waals surface area contributed by atoms with Crippen LogP contribution in [0.1, 0.15) is 57.4 Å². The third kappa shape index (κ3) is 3.45. The van der Waals surface area contributed by atoms with E-state index in [1.165, 1.54) is 65.6 Å². The maximum atomic E-state index is 2.53. The van der Waals surface area contributed by atoms with Crippen molar-refractivity contribution in [1.82, 2.24) is 0 Å². The van der Waals surface area contributed by atoms with Crippen LogP contribution in [0.25, 0.3) is 27.1 Å².